The highest BCUT2D eigenvalue weighted by molar-refractivity contribution is 5.75. The molecule has 1 aliphatic heterocycles. The molecule has 16 heavy (non-hydrogen) atoms. The number of hydrogen-bond donors (Lipinski definition) is 0. The summed E-state index contributed by atoms with van der Waals surface area (Å²) in [5.41, 5.74) is 0. The average Bonchev–Trinajstić information content (AvgIpc) is 2.62. The van der Waals surface area contributed by atoms with Gasteiger partial charge in [-0.1, -0.05) is 13.8 Å². The summed E-state index contributed by atoms with van der Waals surface area (Å²) in [6, 6.07) is 1.03. The molecular formula is C13H25NO2. The van der Waals surface area contributed by atoms with Gasteiger partial charge in [-0.25, -0.2) is 0 Å². The summed E-state index contributed by atoms with van der Waals surface area (Å²) in [7, 11) is 0. The molecule has 1 heterocycles. The van der Waals surface area contributed by atoms with Gasteiger partial charge in [0, 0.05) is 12.1 Å². The monoisotopic (exact) mass is 227 g/mol. The molecule has 0 bridgehead atoms. The number of hydrogen-bond acceptors (Lipinski definition) is 3. The third kappa shape index (κ3) is 2.76. The molecular weight excluding hydrogens is 202 g/mol. The van der Waals surface area contributed by atoms with Gasteiger partial charge in [-0.15, -0.1) is 0 Å². The second-order valence-electron chi connectivity index (χ2n) is 4.61. The van der Waals surface area contributed by atoms with Crippen LogP contribution in [0.15, 0.2) is 0 Å². The number of nitrogens with zero attached hydrogens (tertiary/aromatic N) is 1. The zero-order valence-corrected chi connectivity index (χ0v) is 11.0. The number of carbonyl (C=O) groups excluding carboxylic acids is 1. The van der Waals surface area contributed by atoms with Crippen molar-refractivity contribution in [3.8, 4) is 0 Å². The van der Waals surface area contributed by atoms with Crippen LogP contribution in [0.5, 0.6) is 0 Å². The molecule has 3 unspecified atom stereocenters. The summed E-state index contributed by atoms with van der Waals surface area (Å²) < 4.78 is 5.17. The van der Waals surface area contributed by atoms with Crippen molar-refractivity contribution in [2.75, 3.05) is 6.61 Å². The van der Waals surface area contributed by atoms with E-state index in [0.717, 1.165) is 12.8 Å². The van der Waals surface area contributed by atoms with Crippen molar-refractivity contribution in [1.82, 2.24) is 4.90 Å². The molecule has 94 valence electrons. The fourth-order valence-corrected chi connectivity index (χ4v) is 2.81. The Kier molecular flexibility index (Phi) is 5.26. The Hall–Kier alpha value is -0.570. The van der Waals surface area contributed by atoms with Crippen molar-refractivity contribution in [3.05, 3.63) is 0 Å². The van der Waals surface area contributed by atoms with E-state index >= 15 is 0 Å². The predicted octanol–water partition coefficient (Wildman–Crippen LogP) is 2.59. The van der Waals surface area contributed by atoms with E-state index in [1.165, 1.54) is 12.8 Å². The van der Waals surface area contributed by atoms with Crippen LogP contribution in [0.25, 0.3) is 0 Å². The van der Waals surface area contributed by atoms with E-state index in [2.05, 4.69) is 25.7 Å². The highest BCUT2D eigenvalue weighted by Crippen LogP contribution is 2.29. The van der Waals surface area contributed by atoms with Crippen LogP contribution in [0.2, 0.25) is 0 Å². The maximum atomic E-state index is 11.9. The Bertz CT molecular complexity index is 230. The first-order valence-corrected chi connectivity index (χ1v) is 6.59. The molecule has 0 saturated carbocycles. The summed E-state index contributed by atoms with van der Waals surface area (Å²) in [5.74, 6) is -0.0443. The molecule has 0 aliphatic carbocycles. The SMILES string of the molecule is CCOC(=O)C(CC)N1C(C)CCC1CC. The van der Waals surface area contributed by atoms with Crippen molar-refractivity contribution < 1.29 is 9.53 Å². The predicted molar refractivity (Wildman–Crippen MR) is 65.3 cm³/mol. The lowest BCUT2D eigenvalue weighted by atomic mass is 10.1. The van der Waals surface area contributed by atoms with Crippen LogP contribution >= 0.6 is 0 Å². The zero-order chi connectivity index (χ0) is 12.1. The van der Waals surface area contributed by atoms with Crippen LogP contribution < -0.4 is 0 Å². The van der Waals surface area contributed by atoms with Gasteiger partial charge in [-0.2, -0.15) is 0 Å². The van der Waals surface area contributed by atoms with Crippen molar-refractivity contribution >= 4 is 5.97 Å². The first-order chi connectivity index (χ1) is 7.65. The minimum absolute atomic E-state index is 0.0394. The van der Waals surface area contributed by atoms with E-state index in [1.807, 2.05) is 6.92 Å². The zero-order valence-electron chi connectivity index (χ0n) is 11.0. The van der Waals surface area contributed by atoms with Gasteiger partial charge in [0.2, 0.25) is 0 Å². The first kappa shape index (κ1) is 13.5. The third-order valence-corrected chi connectivity index (χ3v) is 3.62. The van der Waals surface area contributed by atoms with Gasteiger partial charge in [-0.05, 0) is 39.5 Å². The van der Waals surface area contributed by atoms with E-state index in [0.29, 0.717) is 18.7 Å². The van der Waals surface area contributed by atoms with Gasteiger partial charge in [-0.3, -0.25) is 9.69 Å². The van der Waals surface area contributed by atoms with Gasteiger partial charge in [0.1, 0.15) is 6.04 Å². The van der Waals surface area contributed by atoms with E-state index in [-0.39, 0.29) is 12.0 Å². The van der Waals surface area contributed by atoms with Crippen LogP contribution in [0.4, 0.5) is 0 Å². The number of carbonyl (C=O) groups is 1. The van der Waals surface area contributed by atoms with Gasteiger partial charge < -0.3 is 4.74 Å². The molecule has 1 saturated heterocycles. The molecule has 3 atom stereocenters. The Morgan fingerprint density at radius 3 is 2.56 bits per heavy atom. The summed E-state index contributed by atoms with van der Waals surface area (Å²) >= 11 is 0. The quantitative estimate of drug-likeness (QED) is 0.676. The summed E-state index contributed by atoms with van der Waals surface area (Å²) in [6.45, 7) is 8.84. The third-order valence-electron chi connectivity index (χ3n) is 3.62. The van der Waals surface area contributed by atoms with Crippen LogP contribution in [0, 0.1) is 0 Å². The molecule has 0 aromatic rings. The fourth-order valence-electron chi connectivity index (χ4n) is 2.81. The van der Waals surface area contributed by atoms with E-state index in [9.17, 15) is 4.79 Å². The topological polar surface area (TPSA) is 29.5 Å². The van der Waals surface area contributed by atoms with E-state index in [1.54, 1.807) is 0 Å². The number of rotatable bonds is 5. The Labute approximate surface area is 99.1 Å². The van der Waals surface area contributed by atoms with Gasteiger partial charge >= 0.3 is 5.97 Å². The molecule has 1 rings (SSSR count). The average molecular weight is 227 g/mol. The van der Waals surface area contributed by atoms with Crippen molar-refractivity contribution in [1.29, 1.82) is 0 Å². The van der Waals surface area contributed by atoms with E-state index < -0.39 is 0 Å². The molecule has 0 amide bonds. The summed E-state index contributed by atoms with van der Waals surface area (Å²) in [4.78, 5) is 14.3. The highest BCUT2D eigenvalue weighted by Gasteiger charge is 2.37. The standard InChI is InChI=1S/C13H25NO2/c1-5-11-9-8-10(4)14(11)12(6-2)13(15)16-7-3/h10-12H,5-9H2,1-4H3. The van der Waals surface area contributed by atoms with Gasteiger partial charge in [0.05, 0.1) is 6.61 Å². The molecule has 3 heteroatoms. The molecule has 0 aromatic heterocycles. The van der Waals surface area contributed by atoms with Crippen molar-refractivity contribution in [3.63, 3.8) is 0 Å². The maximum absolute atomic E-state index is 11.9. The largest absolute Gasteiger partial charge is 0.465 e. The fraction of sp³-hybridized carbons (Fsp3) is 0.923. The minimum atomic E-state index is -0.0443. The second kappa shape index (κ2) is 6.24. The normalized spacial score (nSPS) is 28.0. The van der Waals surface area contributed by atoms with Crippen LogP contribution in [0.3, 0.4) is 0 Å². The molecule has 0 radical (unpaired) electrons. The summed E-state index contributed by atoms with van der Waals surface area (Å²) in [5, 5.41) is 0. The second-order valence-corrected chi connectivity index (χ2v) is 4.61. The first-order valence-electron chi connectivity index (χ1n) is 6.59. The Balaban J connectivity index is 2.73. The van der Waals surface area contributed by atoms with Gasteiger partial charge in [0.25, 0.3) is 0 Å². The van der Waals surface area contributed by atoms with E-state index in [4.69, 9.17) is 4.74 Å². The number of ether oxygens (including phenoxy) is 1. The number of esters is 1. The molecule has 0 N–H and O–H groups in total. The van der Waals surface area contributed by atoms with Crippen molar-refractivity contribution in [2.45, 2.75) is 71.5 Å². The molecule has 1 fully saturated rings. The van der Waals surface area contributed by atoms with Crippen LogP contribution in [-0.2, 0) is 9.53 Å². The minimum Gasteiger partial charge on any atom is -0.465 e. The summed E-state index contributed by atoms with van der Waals surface area (Å²) in [6.07, 6.45) is 4.39. The van der Waals surface area contributed by atoms with Crippen LogP contribution in [-0.4, -0.2) is 35.6 Å². The Morgan fingerprint density at radius 1 is 1.38 bits per heavy atom. The highest BCUT2D eigenvalue weighted by atomic mass is 16.5. The number of likely N-dealkylation sites (tertiary alicyclic amines) is 1. The molecule has 0 spiro atoms. The molecule has 3 nitrogen and oxygen atoms in total. The van der Waals surface area contributed by atoms with Crippen LogP contribution in [0.1, 0.15) is 53.4 Å². The lowest BCUT2D eigenvalue weighted by Crippen LogP contribution is -2.47. The molecule has 0 aromatic carbocycles. The maximum Gasteiger partial charge on any atom is 0.323 e. The Morgan fingerprint density at radius 2 is 2.06 bits per heavy atom. The lowest BCUT2D eigenvalue weighted by Gasteiger charge is -2.33. The van der Waals surface area contributed by atoms with Gasteiger partial charge in [0.15, 0.2) is 0 Å². The van der Waals surface area contributed by atoms with Crippen molar-refractivity contribution in [2.24, 2.45) is 0 Å². The smallest absolute Gasteiger partial charge is 0.323 e. The lowest BCUT2D eigenvalue weighted by molar-refractivity contribution is -0.151. The molecule has 1 aliphatic rings.